The van der Waals surface area contributed by atoms with Gasteiger partial charge in [-0.25, -0.2) is 0 Å². The molecule has 0 atom stereocenters. The number of thiazole rings is 1. The van der Waals surface area contributed by atoms with Crippen molar-refractivity contribution < 1.29 is 4.79 Å². The van der Waals surface area contributed by atoms with Crippen LogP contribution in [0.5, 0.6) is 0 Å². The van der Waals surface area contributed by atoms with Crippen LogP contribution in [0.3, 0.4) is 0 Å². The largest absolute Gasteiger partial charge is 0.292 e. The van der Waals surface area contributed by atoms with Crippen molar-refractivity contribution in [3.8, 4) is 5.69 Å². The Labute approximate surface area is 133 Å². The van der Waals surface area contributed by atoms with E-state index in [2.05, 4.69) is 35.5 Å². The Hall–Kier alpha value is -1.33. The van der Waals surface area contributed by atoms with Crippen molar-refractivity contribution >= 4 is 29.0 Å². The van der Waals surface area contributed by atoms with E-state index in [1.54, 1.807) is 11.8 Å². The van der Waals surface area contributed by atoms with E-state index in [0.717, 1.165) is 15.4 Å². The number of benzene rings is 1. The highest BCUT2D eigenvalue weighted by atomic mass is 32.2. The number of aromatic nitrogens is 1. The topological polar surface area (TPSA) is 34.4 Å². The van der Waals surface area contributed by atoms with Crippen molar-refractivity contribution in [2.45, 2.75) is 32.6 Å². The van der Waals surface area contributed by atoms with Crippen molar-refractivity contribution in [1.29, 1.82) is 0 Å². The molecule has 1 aromatic heterocycles. The highest BCUT2D eigenvalue weighted by molar-refractivity contribution is 7.98. The number of nitrogens with zero attached hydrogens (tertiary/aromatic N) is 2. The highest BCUT2D eigenvalue weighted by Crippen LogP contribution is 2.18. The molecule has 0 bridgehead atoms. The Kier molecular flexibility index (Phi) is 4.74. The zero-order valence-corrected chi connectivity index (χ0v) is 14.6. The average molecular weight is 320 g/mol. The van der Waals surface area contributed by atoms with E-state index in [-0.39, 0.29) is 5.91 Å². The minimum atomic E-state index is -0.460. The summed E-state index contributed by atoms with van der Waals surface area (Å²) in [5, 5.41) is 0. The van der Waals surface area contributed by atoms with Gasteiger partial charge < -0.3 is 0 Å². The fourth-order valence-corrected chi connectivity index (χ4v) is 2.95. The van der Waals surface area contributed by atoms with Crippen LogP contribution >= 0.6 is 23.1 Å². The molecule has 0 radical (unpaired) electrons. The molecule has 21 heavy (non-hydrogen) atoms. The van der Waals surface area contributed by atoms with Gasteiger partial charge >= 0.3 is 0 Å². The molecule has 3 nitrogen and oxygen atoms in total. The van der Waals surface area contributed by atoms with Crippen LogP contribution in [0, 0.1) is 12.3 Å². The molecule has 1 heterocycles. The van der Waals surface area contributed by atoms with Crippen molar-refractivity contribution in [3.05, 3.63) is 40.1 Å². The van der Waals surface area contributed by atoms with E-state index in [0.29, 0.717) is 0 Å². The van der Waals surface area contributed by atoms with E-state index in [1.807, 2.05) is 38.5 Å². The van der Waals surface area contributed by atoms with Crippen molar-refractivity contribution in [1.82, 2.24) is 4.57 Å². The first kappa shape index (κ1) is 16.0. The first-order valence-electron chi connectivity index (χ1n) is 6.74. The minimum absolute atomic E-state index is 0.0983. The van der Waals surface area contributed by atoms with Gasteiger partial charge in [-0.2, -0.15) is 4.99 Å². The summed E-state index contributed by atoms with van der Waals surface area (Å²) in [6.07, 6.45) is 4.08. The second-order valence-corrected chi connectivity index (χ2v) is 7.95. The summed E-state index contributed by atoms with van der Waals surface area (Å²) in [4.78, 5) is 19.5. The number of rotatable bonds is 2. The van der Waals surface area contributed by atoms with Crippen molar-refractivity contribution in [3.63, 3.8) is 0 Å². The smallest absolute Gasteiger partial charge is 0.253 e. The molecule has 0 saturated carbocycles. The zero-order valence-electron chi connectivity index (χ0n) is 13.0. The monoisotopic (exact) mass is 320 g/mol. The maximum Gasteiger partial charge on any atom is 0.253 e. The molecule has 0 N–H and O–H groups in total. The molecule has 0 aliphatic carbocycles. The Morgan fingerprint density at radius 2 is 1.86 bits per heavy atom. The van der Waals surface area contributed by atoms with Crippen LogP contribution in [-0.4, -0.2) is 16.7 Å². The third kappa shape index (κ3) is 3.86. The lowest BCUT2D eigenvalue weighted by atomic mass is 9.96. The fourth-order valence-electron chi connectivity index (χ4n) is 1.72. The first-order valence-corrected chi connectivity index (χ1v) is 8.78. The molecule has 0 aliphatic rings. The van der Waals surface area contributed by atoms with Crippen LogP contribution in [0.25, 0.3) is 5.69 Å². The molecule has 112 valence electrons. The van der Waals surface area contributed by atoms with Gasteiger partial charge in [0.1, 0.15) is 0 Å². The van der Waals surface area contributed by atoms with Gasteiger partial charge in [0.15, 0.2) is 4.80 Å². The highest BCUT2D eigenvalue weighted by Gasteiger charge is 2.20. The van der Waals surface area contributed by atoms with E-state index in [4.69, 9.17) is 0 Å². The minimum Gasteiger partial charge on any atom is -0.292 e. The fraction of sp³-hybridized carbons (Fsp3) is 0.375. The molecule has 0 unspecified atom stereocenters. The van der Waals surface area contributed by atoms with E-state index < -0.39 is 5.41 Å². The maximum atomic E-state index is 12.2. The third-order valence-electron chi connectivity index (χ3n) is 2.96. The molecule has 5 heteroatoms. The van der Waals surface area contributed by atoms with Gasteiger partial charge in [0, 0.05) is 27.1 Å². The average Bonchev–Trinajstić information content (AvgIpc) is 2.78. The lowest BCUT2D eigenvalue weighted by Gasteiger charge is -2.11. The number of hydrogen-bond donors (Lipinski definition) is 0. The first-order chi connectivity index (χ1) is 9.81. The molecule has 1 amide bonds. The van der Waals surface area contributed by atoms with Gasteiger partial charge in [0.2, 0.25) is 0 Å². The summed E-state index contributed by atoms with van der Waals surface area (Å²) in [6, 6.07) is 8.27. The third-order valence-corrected chi connectivity index (χ3v) is 4.60. The van der Waals surface area contributed by atoms with Crippen LogP contribution in [0.15, 0.2) is 40.4 Å². The summed E-state index contributed by atoms with van der Waals surface area (Å²) < 4.78 is 1.98. The molecule has 0 fully saturated rings. The Morgan fingerprint density at radius 3 is 2.38 bits per heavy atom. The molecular formula is C16H20N2OS2. The standard InChI is InChI=1S/C16H20N2OS2/c1-11-10-18(12-6-8-13(20-5)9-7-12)15(21-11)17-14(19)16(2,3)4/h6-10H,1-5H3. The number of carbonyl (C=O) groups is 1. The van der Waals surface area contributed by atoms with Crippen LogP contribution in [0.2, 0.25) is 0 Å². The zero-order chi connectivity index (χ0) is 15.6. The summed E-state index contributed by atoms with van der Waals surface area (Å²) in [5.41, 5.74) is 0.566. The molecule has 0 aliphatic heterocycles. The van der Waals surface area contributed by atoms with E-state index in [1.165, 1.54) is 16.2 Å². The second-order valence-electron chi connectivity index (χ2n) is 5.86. The quantitative estimate of drug-likeness (QED) is 0.783. The summed E-state index contributed by atoms with van der Waals surface area (Å²) >= 11 is 3.25. The summed E-state index contributed by atoms with van der Waals surface area (Å²) in [5.74, 6) is -0.0983. The Morgan fingerprint density at radius 1 is 1.24 bits per heavy atom. The van der Waals surface area contributed by atoms with Crippen LogP contribution in [0.1, 0.15) is 25.6 Å². The molecular weight excluding hydrogens is 300 g/mol. The summed E-state index contributed by atoms with van der Waals surface area (Å²) in [7, 11) is 0. The Balaban J connectivity index is 2.50. The van der Waals surface area contributed by atoms with Gasteiger partial charge in [0.05, 0.1) is 0 Å². The number of carbonyl (C=O) groups excluding carboxylic acids is 1. The van der Waals surface area contributed by atoms with E-state index in [9.17, 15) is 4.79 Å². The maximum absolute atomic E-state index is 12.2. The molecule has 1 aromatic carbocycles. The SMILES string of the molecule is CSc1ccc(-n2cc(C)sc2=NC(=O)C(C)(C)C)cc1. The second kappa shape index (κ2) is 6.20. The van der Waals surface area contributed by atoms with Crippen molar-refractivity contribution in [2.24, 2.45) is 10.4 Å². The predicted molar refractivity (Wildman–Crippen MR) is 90.2 cm³/mol. The van der Waals surface area contributed by atoms with Gasteiger partial charge in [-0.05, 0) is 37.4 Å². The van der Waals surface area contributed by atoms with Crippen LogP contribution in [-0.2, 0) is 4.79 Å². The van der Waals surface area contributed by atoms with Crippen molar-refractivity contribution in [2.75, 3.05) is 6.26 Å². The molecule has 2 rings (SSSR count). The lowest BCUT2D eigenvalue weighted by Crippen LogP contribution is -2.22. The van der Waals surface area contributed by atoms with Crippen LogP contribution in [0.4, 0.5) is 0 Å². The van der Waals surface area contributed by atoms with Gasteiger partial charge in [-0.15, -0.1) is 23.1 Å². The van der Waals surface area contributed by atoms with Gasteiger partial charge in [0.25, 0.3) is 5.91 Å². The lowest BCUT2D eigenvalue weighted by molar-refractivity contribution is -0.125. The molecule has 2 aromatic rings. The normalized spacial score (nSPS) is 12.7. The van der Waals surface area contributed by atoms with E-state index >= 15 is 0 Å². The number of thioether (sulfide) groups is 1. The van der Waals surface area contributed by atoms with Gasteiger partial charge in [-0.3, -0.25) is 9.36 Å². The predicted octanol–water partition coefficient (Wildman–Crippen LogP) is 4.04. The number of amides is 1. The molecule has 0 spiro atoms. The Bertz CT molecular complexity index is 703. The summed E-state index contributed by atoms with van der Waals surface area (Å²) in [6.45, 7) is 7.68. The van der Waals surface area contributed by atoms with Crippen LogP contribution < -0.4 is 4.80 Å². The number of hydrogen-bond acceptors (Lipinski definition) is 3. The number of aryl methyl sites for hydroxylation is 1. The van der Waals surface area contributed by atoms with Gasteiger partial charge in [-0.1, -0.05) is 20.8 Å². The molecule has 0 saturated heterocycles.